The zero-order valence-corrected chi connectivity index (χ0v) is 21.7. The number of aryl methyl sites for hydroxylation is 3. The van der Waals surface area contributed by atoms with Gasteiger partial charge in [0.15, 0.2) is 0 Å². The maximum atomic E-state index is 13.6. The predicted octanol–water partition coefficient (Wildman–Crippen LogP) is 6.93. The van der Waals surface area contributed by atoms with Crippen LogP contribution in [0.5, 0.6) is 0 Å². The number of amides is 1. The average Bonchev–Trinajstić information content (AvgIpc) is 3.28. The molecular formula is C32H27N3O3. The third-order valence-corrected chi connectivity index (χ3v) is 6.81. The number of nitriles is 1. The molecule has 38 heavy (non-hydrogen) atoms. The van der Waals surface area contributed by atoms with Crippen LogP contribution in [0, 0.1) is 32.1 Å². The van der Waals surface area contributed by atoms with Crippen LogP contribution in [-0.2, 0) is 4.79 Å². The van der Waals surface area contributed by atoms with Gasteiger partial charge in [-0.25, -0.2) is 0 Å². The Morgan fingerprint density at radius 1 is 0.921 bits per heavy atom. The monoisotopic (exact) mass is 501 g/mol. The van der Waals surface area contributed by atoms with Crippen molar-refractivity contribution in [1.29, 1.82) is 5.26 Å². The Balaban J connectivity index is 1.62. The fourth-order valence-electron chi connectivity index (χ4n) is 5.04. The van der Waals surface area contributed by atoms with Crippen LogP contribution in [0.1, 0.15) is 35.2 Å². The van der Waals surface area contributed by atoms with Crippen LogP contribution in [0.15, 0.2) is 88.1 Å². The summed E-state index contributed by atoms with van der Waals surface area (Å²) in [5.74, 6) is 0.0846. The Bertz CT molecular complexity index is 1780. The zero-order valence-electron chi connectivity index (χ0n) is 21.7. The van der Waals surface area contributed by atoms with Crippen LogP contribution >= 0.6 is 0 Å². The van der Waals surface area contributed by atoms with Crippen molar-refractivity contribution < 1.29 is 9.21 Å². The molecule has 0 spiro atoms. The van der Waals surface area contributed by atoms with Crippen molar-refractivity contribution in [3.63, 3.8) is 0 Å². The summed E-state index contributed by atoms with van der Waals surface area (Å²) in [7, 11) is 0. The molecule has 2 heterocycles. The van der Waals surface area contributed by atoms with E-state index in [0.29, 0.717) is 11.3 Å². The van der Waals surface area contributed by atoms with Gasteiger partial charge in [-0.3, -0.25) is 19.5 Å². The van der Waals surface area contributed by atoms with Gasteiger partial charge in [-0.05, 0) is 50.5 Å². The van der Waals surface area contributed by atoms with Gasteiger partial charge in [0.05, 0.1) is 5.52 Å². The lowest BCUT2D eigenvalue weighted by Crippen LogP contribution is -2.32. The number of anilines is 1. The van der Waals surface area contributed by atoms with Gasteiger partial charge < -0.3 is 4.42 Å². The lowest BCUT2D eigenvalue weighted by Gasteiger charge is -2.20. The summed E-state index contributed by atoms with van der Waals surface area (Å²) in [6, 6.07) is 25.9. The first-order chi connectivity index (χ1) is 18.3. The zero-order chi connectivity index (χ0) is 27.0. The van der Waals surface area contributed by atoms with Crippen molar-refractivity contribution in [2.75, 3.05) is 5.32 Å². The number of nitrogens with zero attached hydrogens (tertiary/aromatic N) is 2. The number of hydrogen-bond acceptors (Lipinski definition) is 4. The number of carbonyl (C=O) groups excluding carboxylic acids is 1. The van der Waals surface area contributed by atoms with E-state index in [1.54, 1.807) is 13.0 Å². The standard InChI is InChI=1S/C32H27N3O3/c1-19-15-21(3)29-25(16-19)20(2)17-27(36)35(29)22(4)31(37)34-32-26(18-33)28(23-11-7-5-8-12-23)30(38-32)24-13-9-6-10-14-24/h5-17,22H,1-4H3,(H,34,37). The Morgan fingerprint density at radius 3 is 2.18 bits per heavy atom. The molecule has 3 aromatic carbocycles. The molecule has 188 valence electrons. The van der Waals surface area contributed by atoms with Crippen molar-refractivity contribution in [3.05, 3.63) is 111 Å². The summed E-state index contributed by atoms with van der Waals surface area (Å²) < 4.78 is 7.68. The first kappa shape index (κ1) is 24.8. The minimum Gasteiger partial charge on any atom is -0.438 e. The number of pyridine rings is 1. The Kier molecular flexibility index (Phi) is 6.44. The van der Waals surface area contributed by atoms with Crippen LogP contribution in [0.2, 0.25) is 0 Å². The Hall–Kier alpha value is -4.89. The molecule has 6 heteroatoms. The highest BCUT2D eigenvalue weighted by molar-refractivity contribution is 5.98. The van der Waals surface area contributed by atoms with Crippen molar-refractivity contribution in [3.8, 4) is 28.5 Å². The van der Waals surface area contributed by atoms with E-state index in [4.69, 9.17) is 4.42 Å². The molecule has 1 unspecified atom stereocenters. The van der Waals surface area contributed by atoms with Crippen LogP contribution in [0.3, 0.4) is 0 Å². The molecule has 0 radical (unpaired) electrons. The molecule has 1 amide bonds. The van der Waals surface area contributed by atoms with Gasteiger partial charge in [-0.2, -0.15) is 5.26 Å². The van der Waals surface area contributed by atoms with Crippen molar-refractivity contribution >= 4 is 22.7 Å². The number of hydrogen-bond donors (Lipinski definition) is 1. The predicted molar refractivity (Wildman–Crippen MR) is 150 cm³/mol. The fraction of sp³-hybridized carbons (Fsp3) is 0.156. The first-order valence-electron chi connectivity index (χ1n) is 12.4. The first-order valence-corrected chi connectivity index (χ1v) is 12.4. The van der Waals surface area contributed by atoms with Gasteiger partial charge in [0.25, 0.3) is 5.56 Å². The van der Waals surface area contributed by atoms with E-state index in [0.717, 1.165) is 38.7 Å². The van der Waals surface area contributed by atoms with E-state index < -0.39 is 11.9 Å². The maximum Gasteiger partial charge on any atom is 0.252 e. The number of carbonyl (C=O) groups is 1. The molecule has 1 N–H and O–H groups in total. The molecular weight excluding hydrogens is 474 g/mol. The van der Waals surface area contributed by atoms with E-state index in [2.05, 4.69) is 11.4 Å². The summed E-state index contributed by atoms with van der Waals surface area (Å²) in [6.07, 6.45) is 0. The largest absolute Gasteiger partial charge is 0.438 e. The van der Waals surface area contributed by atoms with Crippen LogP contribution in [0.4, 0.5) is 5.88 Å². The third kappa shape index (κ3) is 4.29. The van der Waals surface area contributed by atoms with Crippen molar-refractivity contribution in [2.24, 2.45) is 0 Å². The van der Waals surface area contributed by atoms with Crippen LogP contribution < -0.4 is 10.9 Å². The minimum atomic E-state index is -0.857. The summed E-state index contributed by atoms with van der Waals surface area (Å²) >= 11 is 0. The van der Waals surface area contributed by atoms with Crippen molar-refractivity contribution in [2.45, 2.75) is 33.7 Å². The number of furan rings is 1. The van der Waals surface area contributed by atoms with E-state index in [1.165, 1.54) is 4.57 Å². The third-order valence-electron chi connectivity index (χ3n) is 6.81. The number of rotatable bonds is 5. The topological polar surface area (TPSA) is 88.0 Å². The van der Waals surface area contributed by atoms with Gasteiger partial charge in [0, 0.05) is 22.6 Å². The second kappa shape index (κ2) is 9.87. The molecule has 0 bridgehead atoms. The summed E-state index contributed by atoms with van der Waals surface area (Å²) in [4.78, 5) is 26.7. The Morgan fingerprint density at radius 2 is 1.55 bits per heavy atom. The molecule has 1 atom stereocenters. The molecule has 0 aliphatic rings. The van der Waals surface area contributed by atoms with Crippen molar-refractivity contribution in [1.82, 2.24) is 4.57 Å². The lowest BCUT2D eigenvalue weighted by molar-refractivity contribution is -0.118. The second-order valence-electron chi connectivity index (χ2n) is 9.53. The fourth-order valence-corrected chi connectivity index (χ4v) is 5.04. The molecule has 0 aliphatic heterocycles. The highest BCUT2D eigenvalue weighted by Gasteiger charge is 2.27. The van der Waals surface area contributed by atoms with Gasteiger partial charge >= 0.3 is 0 Å². The number of nitrogens with one attached hydrogen (secondary N) is 1. The van der Waals surface area contributed by atoms with Gasteiger partial charge in [0.1, 0.15) is 23.4 Å². The summed E-state index contributed by atoms with van der Waals surface area (Å²) in [5.41, 5.74) is 5.71. The molecule has 0 fully saturated rings. The smallest absolute Gasteiger partial charge is 0.252 e. The van der Waals surface area contributed by atoms with Gasteiger partial charge in [-0.15, -0.1) is 0 Å². The van der Waals surface area contributed by atoms with E-state index in [1.807, 2.05) is 93.6 Å². The van der Waals surface area contributed by atoms with E-state index >= 15 is 0 Å². The SMILES string of the molecule is Cc1cc(C)c2c(c1)c(C)cc(=O)n2C(C)C(=O)Nc1oc(-c2ccccc2)c(-c2ccccc2)c1C#N. The van der Waals surface area contributed by atoms with E-state index in [-0.39, 0.29) is 17.0 Å². The quantitative estimate of drug-likeness (QED) is 0.283. The molecule has 5 rings (SSSR count). The molecule has 5 aromatic rings. The Labute approximate surface area is 220 Å². The summed E-state index contributed by atoms with van der Waals surface area (Å²) in [6.45, 7) is 7.52. The van der Waals surface area contributed by atoms with Crippen LogP contribution in [-0.4, -0.2) is 10.5 Å². The molecule has 2 aromatic heterocycles. The lowest BCUT2D eigenvalue weighted by atomic mass is 9.98. The molecule has 6 nitrogen and oxygen atoms in total. The highest BCUT2D eigenvalue weighted by Crippen LogP contribution is 2.41. The molecule has 0 saturated carbocycles. The molecule has 0 aliphatic carbocycles. The minimum absolute atomic E-state index is 0.0547. The average molecular weight is 502 g/mol. The molecule has 0 saturated heterocycles. The number of benzene rings is 3. The maximum absolute atomic E-state index is 13.6. The highest BCUT2D eigenvalue weighted by atomic mass is 16.4. The summed E-state index contributed by atoms with van der Waals surface area (Å²) in [5, 5.41) is 13.9. The van der Waals surface area contributed by atoms with Gasteiger partial charge in [0.2, 0.25) is 11.8 Å². The number of fused-ring (bicyclic) bond motifs is 1. The second-order valence-corrected chi connectivity index (χ2v) is 9.53. The normalized spacial score (nSPS) is 11.8. The van der Waals surface area contributed by atoms with Gasteiger partial charge in [-0.1, -0.05) is 72.3 Å². The number of aromatic nitrogens is 1. The van der Waals surface area contributed by atoms with E-state index in [9.17, 15) is 14.9 Å². The van der Waals surface area contributed by atoms with Crippen LogP contribution in [0.25, 0.3) is 33.4 Å².